The molecule has 0 aliphatic heterocycles. The molecule has 1 atom stereocenters. The summed E-state index contributed by atoms with van der Waals surface area (Å²) in [4.78, 5) is 10.7. The maximum Gasteiger partial charge on any atom is 0.323 e. The molecule has 0 saturated carbocycles. The van der Waals surface area contributed by atoms with Crippen LogP contribution in [0.4, 0.5) is 8.78 Å². The molecule has 14 heavy (non-hydrogen) atoms. The van der Waals surface area contributed by atoms with E-state index in [-0.39, 0.29) is 5.56 Å². The van der Waals surface area contributed by atoms with Crippen molar-refractivity contribution in [1.82, 2.24) is 0 Å². The third-order valence-electron chi connectivity index (χ3n) is 1.87. The van der Waals surface area contributed by atoms with Gasteiger partial charge in [0.25, 0.3) is 0 Å². The van der Waals surface area contributed by atoms with E-state index in [1.54, 1.807) is 0 Å². The van der Waals surface area contributed by atoms with Gasteiger partial charge in [0.05, 0.1) is 0 Å². The van der Waals surface area contributed by atoms with Crippen LogP contribution < -0.4 is 0 Å². The Morgan fingerprint density at radius 2 is 2.07 bits per heavy atom. The minimum atomic E-state index is -1.65. The molecule has 76 valence electrons. The van der Waals surface area contributed by atoms with Crippen molar-refractivity contribution in [3.63, 3.8) is 0 Å². The summed E-state index contributed by atoms with van der Waals surface area (Å²) < 4.78 is 24.0. The minimum Gasteiger partial charge on any atom is -0.480 e. The largest absolute Gasteiger partial charge is 0.480 e. The van der Waals surface area contributed by atoms with Crippen LogP contribution in [-0.2, 0) is 9.54 Å². The SMILES string of the molecule is CC(S)(C(=O)O)c1ccc(F)cc1F. The second kappa shape index (κ2) is 3.57. The molecule has 2 nitrogen and oxygen atoms in total. The van der Waals surface area contributed by atoms with Gasteiger partial charge in [-0.15, -0.1) is 0 Å². The third-order valence-corrected chi connectivity index (χ3v) is 2.30. The van der Waals surface area contributed by atoms with Gasteiger partial charge in [-0.25, -0.2) is 8.78 Å². The van der Waals surface area contributed by atoms with Crippen LogP contribution in [0.1, 0.15) is 12.5 Å². The molecule has 0 bridgehead atoms. The number of carboxylic acids is 1. The average molecular weight is 218 g/mol. The number of aliphatic carboxylic acids is 1. The molecule has 1 rings (SSSR count). The lowest BCUT2D eigenvalue weighted by Gasteiger charge is -2.18. The fraction of sp³-hybridized carbons (Fsp3) is 0.222. The highest BCUT2D eigenvalue weighted by molar-refractivity contribution is 7.82. The fourth-order valence-electron chi connectivity index (χ4n) is 0.999. The first-order valence-electron chi connectivity index (χ1n) is 3.77. The first-order valence-corrected chi connectivity index (χ1v) is 4.21. The predicted octanol–water partition coefficient (Wildman–Crippen LogP) is 2.19. The summed E-state index contributed by atoms with van der Waals surface area (Å²) in [6.07, 6.45) is 0. The maximum atomic E-state index is 13.2. The number of carboxylic acid groups (broad SMARTS) is 1. The van der Waals surface area contributed by atoms with E-state index in [1.807, 2.05) is 0 Å². The molecular weight excluding hydrogens is 210 g/mol. The number of carbonyl (C=O) groups is 1. The van der Waals surface area contributed by atoms with Gasteiger partial charge in [-0.3, -0.25) is 4.79 Å². The Bertz CT molecular complexity index is 377. The summed E-state index contributed by atoms with van der Waals surface area (Å²) in [5, 5.41) is 8.75. The number of halogens is 2. The number of benzene rings is 1. The summed E-state index contributed by atoms with van der Waals surface area (Å²) in [6.45, 7) is 1.23. The number of hydrogen-bond donors (Lipinski definition) is 2. The lowest BCUT2D eigenvalue weighted by molar-refractivity contribution is -0.139. The quantitative estimate of drug-likeness (QED) is 0.747. The zero-order valence-corrected chi connectivity index (χ0v) is 8.19. The fourth-order valence-corrected chi connectivity index (χ4v) is 1.18. The van der Waals surface area contributed by atoms with Crippen molar-refractivity contribution >= 4 is 18.6 Å². The smallest absolute Gasteiger partial charge is 0.323 e. The molecular formula is C9H8F2O2S. The molecule has 0 spiro atoms. The van der Waals surface area contributed by atoms with E-state index >= 15 is 0 Å². The van der Waals surface area contributed by atoms with Gasteiger partial charge in [0.2, 0.25) is 0 Å². The molecule has 0 fully saturated rings. The highest BCUT2D eigenvalue weighted by Crippen LogP contribution is 2.30. The normalized spacial score (nSPS) is 14.9. The van der Waals surface area contributed by atoms with Gasteiger partial charge < -0.3 is 5.11 Å². The lowest BCUT2D eigenvalue weighted by Crippen LogP contribution is -2.27. The molecule has 1 N–H and O–H groups in total. The van der Waals surface area contributed by atoms with Crippen molar-refractivity contribution in [2.75, 3.05) is 0 Å². The van der Waals surface area contributed by atoms with Crippen molar-refractivity contribution in [3.05, 3.63) is 35.4 Å². The molecule has 5 heteroatoms. The van der Waals surface area contributed by atoms with Gasteiger partial charge in [-0.1, -0.05) is 6.07 Å². The van der Waals surface area contributed by atoms with E-state index < -0.39 is 22.4 Å². The summed E-state index contributed by atoms with van der Waals surface area (Å²) in [5.41, 5.74) is -0.158. The van der Waals surface area contributed by atoms with Crippen molar-refractivity contribution in [1.29, 1.82) is 0 Å². The first kappa shape index (κ1) is 11.0. The van der Waals surface area contributed by atoms with Crippen molar-refractivity contribution < 1.29 is 18.7 Å². The first-order chi connectivity index (χ1) is 6.35. The molecule has 0 aliphatic rings. The van der Waals surface area contributed by atoms with Crippen LogP contribution in [0.2, 0.25) is 0 Å². The standard InChI is InChI=1S/C9H8F2O2S/c1-9(14,8(12)13)6-3-2-5(10)4-7(6)11/h2-4,14H,1H3,(H,12,13). The van der Waals surface area contributed by atoms with Gasteiger partial charge in [-0.2, -0.15) is 12.6 Å². The van der Waals surface area contributed by atoms with Crippen LogP contribution in [0.15, 0.2) is 18.2 Å². The topological polar surface area (TPSA) is 37.3 Å². The van der Waals surface area contributed by atoms with Crippen LogP contribution in [0.3, 0.4) is 0 Å². The Morgan fingerprint density at radius 1 is 1.50 bits per heavy atom. The zero-order valence-electron chi connectivity index (χ0n) is 7.29. The van der Waals surface area contributed by atoms with Crippen molar-refractivity contribution in [3.8, 4) is 0 Å². The van der Waals surface area contributed by atoms with E-state index in [4.69, 9.17) is 5.11 Å². The average Bonchev–Trinajstić information content (AvgIpc) is 2.02. The third kappa shape index (κ3) is 1.87. The lowest BCUT2D eigenvalue weighted by atomic mass is 10.00. The van der Waals surface area contributed by atoms with Gasteiger partial charge in [0, 0.05) is 11.6 Å². The minimum absolute atomic E-state index is 0.158. The van der Waals surface area contributed by atoms with Gasteiger partial charge in [0.1, 0.15) is 16.4 Å². The van der Waals surface area contributed by atoms with Crippen LogP contribution in [0, 0.1) is 11.6 Å². The Labute approximate surface area is 85.0 Å². The Kier molecular flexibility index (Phi) is 2.80. The monoisotopic (exact) mass is 218 g/mol. The summed E-state index contributed by atoms with van der Waals surface area (Å²) >= 11 is 3.81. The highest BCUT2D eigenvalue weighted by atomic mass is 32.1. The van der Waals surface area contributed by atoms with E-state index in [0.717, 1.165) is 12.1 Å². The highest BCUT2D eigenvalue weighted by Gasteiger charge is 2.33. The second-order valence-corrected chi connectivity index (χ2v) is 3.90. The molecule has 0 amide bonds. The molecule has 1 unspecified atom stereocenters. The van der Waals surface area contributed by atoms with Crippen LogP contribution >= 0.6 is 12.6 Å². The molecule has 0 aromatic heterocycles. The van der Waals surface area contributed by atoms with Crippen LogP contribution in [-0.4, -0.2) is 11.1 Å². The van der Waals surface area contributed by atoms with Crippen LogP contribution in [0.25, 0.3) is 0 Å². The van der Waals surface area contributed by atoms with E-state index in [0.29, 0.717) is 6.07 Å². The molecule has 0 aliphatic carbocycles. The number of thiol groups is 1. The van der Waals surface area contributed by atoms with Crippen molar-refractivity contribution in [2.45, 2.75) is 11.7 Å². The van der Waals surface area contributed by atoms with E-state index in [9.17, 15) is 13.6 Å². The Morgan fingerprint density at radius 3 is 2.50 bits per heavy atom. The predicted molar refractivity (Wildman–Crippen MR) is 50.3 cm³/mol. The van der Waals surface area contributed by atoms with Crippen LogP contribution in [0.5, 0.6) is 0 Å². The van der Waals surface area contributed by atoms with Gasteiger partial charge >= 0.3 is 5.97 Å². The number of hydrogen-bond acceptors (Lipinski definition) is 2. The summed E-state index contributed by atoms with van der Waals surface area (Å²) in [5.74, 6) is -2.95. The molecule has 0 saturated heterocycles. The number of rotatable bonds is 2. The molecule has 1 aromatic rings. The summed E-state index contributed by atoms with van der Waals surface area (Å²) in [6, 6.07) is 2.70. The Balaban J connectivity index is 3.26. The summed E-state index contributed by atoms with van der Waals surface area (Å²) in [7, 11) is 0. The zero-order chi connectivity index (χ0) is 10.9. The molecule has 0 radical (unpaired) electrons. The second-order valence-electron chi connectivity index (χ2n) is 3.00. The Hall–Kier alpha value is -1.10. The van der Waals surface area contributed by atoms with E-state index in [2.05, 4.69) is 12.6 Å². The van der Waals surface area contributed by atoms with E-state index in [1.165, 1.54) is 6.92 Å². The maximum absolute atomic E-state index is 13.2. The molecule has 0 heterocycles. The van der Waals surface area contributed by atoms with Gasteiger partial charge in [-0.05, 0) is 13.0 Å². The van der Waals surface area contributed by atoms with Gasteiger partial charge in [0.15, 0.2) is 0 Å². The van der Waals surface area contributed by atoms with Crippen molar-refractivity contribution in [2.24, 2.45) is 0 Å². The molecule has 1 aromatic carbocycles.